The van der Waals surface area contributed by atoms with E-state index in [0.717, 1.165) is 26.3 Å². The number of ether oxygens (including phenoxy) is 1. The van der Waals surface area contributed by atoms with Gasteiger partial charge in [0.2, 0.25) is 0 Å². The Hall–Kier alpha value is -4.84. The number of hydrogen-bond acceptors (Lipinski definition) is 4. The third-order valence-corrected chi connectivity index (χ3v) is 11.5. The van der Waals surface area contributed by atoms with Crippen LogP contribution in [0.4, 0.5) is 0 Å². The van der Waals surface area contributed by atoms with Gasteiger partial charge in [0.1, 0.15) is 0 Å². The second kappa shape index (κ2) is 28.0. The van der Waals surface area contributed by atoms with Gasteiger partial charge in [-0.05, 0) is 148 Å². The van der Waals surface area contributed by atoms with Crippen LogP contribution in [0.1, 0.15) is 65.5 Å². The summed E-state index contributed by atoms with van der Waals surface area (Å²) in [5.41, 5.74) is 15.5. The molecular weight excluding hydrogens is 755 g/mol. The number of hydrogen-bond donors (Lipinski definition) is 0. The Balaban J connectivity index is 0.000000175. The van der Waals surface area contributed by atoms with E-state index in [1.165, 1.54) is 125 Å². The van der Waals surface area contributed by atoms with Crippen LogP contribution in [0.5, 0.6) is 0 Å². The summed E-state index contributed by atoms with van der Waals surface area (Å²) in [7, 11) is 6.48. The molecule has 0 unspecified atom stereocenters. The van der Waals surface area contributed by atoms with Crippen LogP contribution in [-0.2, 0) is 4.74 Å². The summed E-state index contributed by atoms with van der Waals surface area (Å²) in [5.74, 6) is 0. The molecule has 0 aromatic heterocycles. The molecule has 3 aliphatic rings. The van der Waals surface area contributed by atoms with Crippen molar-refractivity contribution in [2.45, 2.75) is 73.6 Å². The molecule has 9 rings (SSSR count). The average Bonchev–Trinajstić information content (AvgIpc) is 3.78. The lowest BCUT2D eigenvalue weighted by atomic mass is 9.99. The SMILES string of the molecule is CN1CCCC1.CN1CCCCC1.CN1CCOCC1.Cc1ccc(-c2ccc(-c3ccc(C)cc3)cc2)cc1.Cc1ccc(-c2ccc(C)cc2)cc1.Cc1ccc(C)cc1. The van der Waals surface area contributed by atoms with Gasteiger partial charge in [0.25, 0.3) is 0 Å². The number of benzene rings is 6. The molecule has 3 aliphatic heterocycles. The average molecular weight is 832 g/mol. The van der Waals surface area contributed by atoms with Gasteiger partial charge in [-0.1, -0.05) is 185 Å². The third-order valence-electron chi connectivity index (χ3n) is 11.5. The van der Waals surface area contributed by atoms with Gasteiger partial charge in [-0.25, -0.2) is 0 Å². The summed E-state index contributed by atoms with van der Waals surface area (Å²) in [6.45, 7) is 21.9. The van der Waals surface area contributed by atoms with Crippen molar-refractivity contribution in [1.29, 1.82) is 0 Å². The highest BCUT2D eigenvalue weighted by Crippen LogP contribution is 2.25. The Labute approximate surface area is 377 Å². The molecule has 0 spiro atoms. The molecule has 3 fully saturated rings. The summed E-state index contributed by atoms with van der Waals surface area (Å²) in [6, 6.07) is 51.8. The second-order valence-electron chi connectivity index (χ2n) is 17.5. The molecule has 0 saturated carbocycles. The fraction of sp³-hybridized carbons (Fsp3) is 0.379. The topological polar surface area (TPSA) is 19.0 Å². The summed E-state index contributed by atoms with van der Waals surface area (Å²) in [6.07, 6.45) is 7.10. The molecule has 330 valence electrons. The zero-order chi connectivity index (χ0) is 44.5. The number of rotatable bonds is 3. The lowest BCUT2D eigenvalue weighted by Gasteiger charge is -2.21. The number of piperidine rings is 1. The van der Waals surface area contributed by atoms with Crippen molar-refractivity contribution >= 4 is 0 Å². The maximum absolute atomic E-state index is 5.10. The van der Waals surface area contributed by atoms with Crippen LogP contribution in [0.15, 0.2) is 146 Å². The molecule has 0 N–H and O–H groups in total. The number of aryl methyl sites for hydroxylation is 6. The first-order valence-electron chi connectivity index (χ1n) is 23.0. The predicted octanol–water partition coefficient (Wildman–Crippen LogP) is 13.7. The van der Waals surface area contributed by atoms with Gasteiger partial charge in [-0.2, -0.15) is 0 Å². The fourth-order valence-electron chi connectivity index (χ4n) is 7.06. The first-order chi connectivity index (χ1) is 29.9. The van der Waals surface area contributed by atoms with Crippen molar-refractivity contribution in [1.82, 2.24) is 14.7 Å². The molecule has 6 aromatic carbocycles. The van der Waals surface area contributed by atoms with Gasteiger partial charge in [0, 0.05) is 13.1 Å². The van der Waals surface area contributed by atoms with Crippen LogP contribution in [-0.4, -0.2) is 88.3 Å². The molecule has 6 aromatic rings. The van der Waals surface area contributed by atoms with Crippen LogP contribution < -0.4 is 0 Å². The van der Waals surface area contributed by atoms with Crippen molar-refractivity contribution in [3.63, 3.8) is 0 Å². The number of nitrogens with zero attached hydrogens (tertiary/aromatic N) is 3. The Kier molecular flexibility index (Phi) is 22.5. The lowest BCUT2D eigenvalue weighted by molar-refractivity contribution is 0.0503. The van der Waals surface area contributed by atoms with Crippen LogP contribution in [0.3, 0.4) is 0 Å². The van der Waals surface area contributed by atoms with Crippen LogP contribution >= 0.6 is 0 Å². The summed E-state index contributed by atoms with van der Waals surface area (Å²) >= 11 is 0. The van der Waals surface area contributed by atoms with E-state index in [2.05, 4.69) is 223 Å². The van der Waals surface area contributed by atoms with E-state index in [4.69, 9.17) is 4.74 Å². The van der Waals surface area contributed by atoms with Gasteiger partial charge in [-0.3, -0.25) is 0 Å². The Morgan fingerprint density at radius 1 is 0.258 bits per heavy atom. The largest absolute Gasteiger partial charge is 0.379 e. The quantitative estimate of drug-likeness (QED) is 0.177. The summed E-state index contributed by atoms with van der Waals surface area (Å²) < 4.78 is 5.10. The highest BCUT2D eigenvalue weighted by Gasteiger charge is 2.05. The molecule has 0 radical (unpaired) electrons. The summed E-state index contributed by atoms with van der Waals surface area (Å²) in [5, 5.41) is 0. The van der Waals surface area contributed by atoms with Gasteiger partial charge < -0.3 is 19.4 Å². The molecule has 3 saturated heterocycles. The first-order valence-corrected chi connectivity index (χ1v) is 23.0. The van der Waals surface area contributed by atoms with Crippen LogP contribution in [0, 0.1) is 41.5 Å². The smallest absolute Gasteiger partial charge is 0.0594 e. The van der Waals surface area contributed by atoms with E-state index in [-0.39, 0.29) is 0 Å². The Bertz CT molecular complexity index is 1890. The van der Waals surface area contributed by atoms with E-state index in [9.17, 15) is 0 Å². The maximum Gasteiger partial charge on any atom is 0.0594 e. The number of likely N-dealkylation sites (N-methyl/N-ethyl adjacent to an activating group) is 1. The molecule has 0 aliphatic carbocycles. The van der Waals surface area contributed by atoms with Crippen LogP contribution in [0.25, 0.3) is 33.4 Å². The highest BCUT2D eigenvalue weighted by atomic mass is 16.5. The van der Waals surface area contributed by atoms with Crippen molar-refractivity contribution < 1.29 is 4.74 Å². The predicted molar refractivity (Wildman–Crippen MR) is 270 cm³/mol. The molecule has 3 heterocycles. The molecule has 4 heteroatoms. The van der Waals surface area contributed by atoms with Crippen molar-refractivity contribution in [3.05, 3.63) is 179 Å². The zero-order valence-electron chi connectivity index (χ0n) is 39.8. The van der Waals surface area contributed by atoms with Crippen LogP contribution in [0.2, 0.25) is 0 Å². The lowest BCUT2D eigenvalue weighted by Crippen LogP contribution is -2.32. The van der Waals surface area contributed by atoms with E-state index < -0.39 is 0 Å². The third kappa shape index (κ3) is 19.9. The molecular formula is C58H77N3O. The number of morpholine rings is 1. The van der Waals surface area contributed by atoms with Gasteiger partial charge in [0.15, 0.2) is 0 Å². The summed E-state index contributed by atoms with van der Waals surface area (Å²) in [4.78, 5) is 7.02. The molecule has 4 nitrogen and oxygen atoms in total. The number of likely N-dealkylation sites (tertiary alicyclic amines) is 2. The van der Waals surface area contributed by atoms with E-state index >= 15 is 0 Å². The first kappa shape index (κ1) is 49.8. The van der Waals surface area contributed by atoms with E-state index in [1.807, 2.05) is 0 Å². The van der Waals surface area contributed by atoms with Gasteiger partial charge >= 0.3 is 0 Å². The van der Waals surface area contributed by atoms with Crippen molar-refractivity contribution in [3.8, 4) is 33.4 Å². The Morgan fingerprint density at radius 2 is 0.435 bits per heavy atom. The minimum absolute atomic E-state index is 0.913. The zero-order valence-corrected chi connectivity index (χ0v) is 39.8. The normalized spacial score (nSPS) is 15.0. The Morgan fingerprint density at radius 3 is 0.597 bits per heavy atom. The van der Waals surface area contributed by atoms with Gasteiger partial charge in [0.05, 0.1) is 13.2 Å². The fourth-order valence-corrected chi connectivity index (χ4v) is 7.06. The minimum atomic E-state index is 0.913. The maximum atomic E-state index is 5.10. The second-order valence-corrected chi connectivity index (χ2v) is 17.5. The van der Waals surface area contributed by atoms with Crippen molar-refractivity contribution in [2.75, 3.05) is 73.6 Å². The molecule has 0 amide bonds. The molecule has 62 heavy (non-hydrogen) atoms. The van der Waals surface area contributed by atoms with Gasteiger partial charge in [-0.15, -0.1) is 0 Å². The monoisotopic (exact) mass is 832 g/mol. The minimum Gasteiger partial charge on any atom is -0.379 e. The van der Waals surface area contributed by atoms with Crippen molar-refractivity contribution in [2.24, 2.45) is 0 Å². The molecule has 0 atom stereocenters. The van der Waals surface area contributed by atoms with E-state index in [0.29, 0.717) is 0 Å². The van der Waals surface area contributed by atoms with E-state index in [1.54, 1.807) is 0 Å². The highest BCUT2D eigenvalue weighted by molar-refractivity contribution is 5.70. The molecule has 0 bridgehead atoms. The standard InChI is InChI=1S/C20H18.C14H14.C8H10.C6H13N.C5H11NO.C5H11N/c1-15-3-7-17(8-4-15)19-11-13-20(14-12-19)18-9-5-16(2)6-10-18;1-11-3-7-13(8-4-11)14-9-5-12(2)6-10-14;1-7-3-5-8(2)6-4-7;1-7-5-3-2-4-6-7;1-6-2-4-7-5-3-6;1-6-4-2-3-5-6/h3-14H,1-2H3;3-10H,1-2H3;3-6H,1-2H3;2-6H2,1H3;2-5H2,1H3;2-5H2,1H3.